The van der Waals surface area contributed by atoms with Crippen molar-refractivity contribution in [1.82, 2.24) is 14.5 Å². The number of urea groups is 2. The Morgan fingerprint density at radius 1 is 1.50 bits per heavy atom. The molecule has 0 aromatic carbocycles. The Bertz CT molecular complexity index is 355. The lowest BCUT2D eigenvalue weighted by Crippen LogP contribution is -2.59. The Labute approximate surface area is 108 Å². The number of amides is 4. The first-order valence-corrected chi connectivity index (χ1v) is 6.62. The van der Waals surface area contributed by atoms with Crippen LogP contribution in [-0.2, 0) is 4.74 Å². The molecular weight excluding hydrogens is 262 g/mol. The molecule has 2 aliphatic rings. The molecule has 0 spiro atoms. The minimum Gasteiger partial charge on any atom is -0.394 e. The lowest BCUT2D eigenvalue weighted by atomic mass is 10.2. The second-order valence-corrected chi connectivity index (χ2v) is 4.83. The summed E-state index contributed by atoms with van der Waals surface area (Å²) in [6.45, 7) is -0.223. The molecule has 2 aliphatic heterocycles. The summed E-state index contributed by atoms with van der Waals surface area (Å²) in [5.74, 6) is 0. The second-order valence-electron chi connectivity index (χ2n) is 4.02. The molecule has 102 valence electrons. The van der Waals surface area contributed by atoms with E-state index in [1.54, 1.807) is 6.26 Å². The number of rotatable bonds is 3. The highest BCUT2D eigenvalue weighted by Gasteiger charge is 2.42. The van der Waals surface area contributed by atoms with E-state index in [2.05, 4.69) is 5.32 Å². The Morgan fingerprint density at radius 2 is 2.22 bits per heavy atom. The van der Waals surface area contributed by atoms with Crippen molar-refractivity contribution in [3.05, 3.63) is 0 Å². The van der Waals surface area contributed by atoms with Crippen LogP contribution < -0.4 is 5.32 Å². The molecule has 0 saturated carbocycles. The fourth-order valence-corrected chi connectivity index (χ4v) is 2.38. The summed E-state index contributed by atoms with van der Waals surface area (Å²) in [4.78, 5) is 24.4. The first-order valence-electron chi connectivity index (χ1n) is 5.44. The number of hydrogen-bond donors (Lipinski definition) is 3. The van der Waals surface area contributed by atoms with Gasteiger partial charge in [0.2, 0.25) is 0 Å². The van der Waals surface area contributed by atoms with Gasteiger partial charge in [0.15, 0.2) is 0 Å². The van der Waals surface area contributed by atoms with Gasteiger partial charge in [-0.05, 0) is 11.9 Å². The average Bonchev–Trinajstić information content (AvgIpc) is 2.70. The van der Waals surface area contributed by atoms with Crippen molar-refractivity contribution in [2.75, 3.05) is 19.5 Å². The molecule has 2 heterocycles. The number of carbonyl (C=O) groups excluding carboxylic acids is 2. The average molecular weight is 277 g/mol. The van der Waals surface area contributed by atoms with Gasteiger partial charge in [0, 0.05) is 12.7 Å². The van der Waals surface area contributed by atoms with Gasteiger partial charge in [0.25, 0.3) is 0 Å². The van der Waals surface area contributed by atoms with Gasteiger partial charge in [-0.25, -0.2) is 13.9 Å². The normalized spacial score (nSPS) is 32.9. The van der Waals surface area contributed by atoms with Crippen LogP contribution in [0.3, 0.4) is 0 Å². The zero-order valence-electron chi connectivity index (χ0n) is 9.78. The van der Waals surface area contributed by atoms with E-state index in [9.17, 15) is 14.7 Å². The van der Waals surface area contributed by atoms with Crippen molar-refractivity contribution in [1.29, 1.82) is 0 Å². The molecule has 2 saturated heterocycles. The Morgan fingerprint density at radius 3 is 2.78 bits per heavy atom. The summed E-state index contributed by atoms with van der Waals surface area (Å²) in [5.41, 5.74) is 0. The number of ether oxygens (including phenoxy) is 1. The number of nitrogens with zero attached hydrogens (tertiary/aromatic N) is 2. The summed E-state index contributed by atoms with van der Waals surface area (Å²) in [7, 11) is 0. The van der Waals surface area contributed by atoms with E-state index < -0.39 is 30.5 Å². The quantitative estimate of drug-likeness (QED) is 0.580. The molecule has 3 atom stereocenters. The lowest BCUT2D eigenvalue weighted by molar-refractivity contribution is -0.0701. The molecule has 2 fully saturated rings. The predicted octanol–water partition coefficient (Wildman–Crippen LogP) is -0.863. The SMILES string of the molecule is CSN1CN([C@H]2C[C@H](O)[C@@H](CO)O2)C(=O)NC1=O. The van der Waals surface area contributed by atoms with E-state index in [-0.39, 0.29) is 19.7 Å². The molecule has 3 N–H and O–H groups in total. The molecule has 0 aliphatic carbocycles. The first kappa shape index (κ1) is 13.4. The number of hydrogen-bond acceptors (Lipinski definition) is 6. The summed E-state index contributed by atoms with van der Waals surface area (Å²) in [5, 5.41) is 20.8. The molecule has 0 bridgehead atoms. The van der Waals surface area contributed by atoms with Crippen LogP contribution in [-0.4, -0.2) is 69.4 Å². The third-order valence-corrected chi connectivity index (χ3v) is 3.66. The van der Waals surface area contributed by atoms with Gasteiger partial charge >= 0.3 is 12.1 Å². The van der Waals surface area contributed by atoms with Crippen LogP contribution in [0.2, 0.25) is 0 Å². The van der Waals surface area contributed by atoms with Crippen LogP contribution >= 0.6 is 11.9 Å². The van der Waals surface area contributed by atoms with Gasteiger partial charge in [-0.3, -0.25) is 10.2 Å². The minimum absolute atomic E-state index is 0.0847. The van der Waals surface area contributed by atoms with Gasteiger partial charge in [0.05, 0.1) is 12.7 Å². The van der Waals surface area contributed by atoms with Crippen molar-refractivity contribution in [2.45, 2.75) is 24.9 Å². The third-order valence-electron chi connectivity index (χ3n) is 2.93. The van der Waals surface area contributed by atoms with E-state index in [1.165, 1.54) is 21.2 Å². The maximum absolute atomic E-state index is 11.7. The van der Waals surface area contributed by atoms with Gasteiger partial charge < -0.3 is 14.9 Å². The minimum atomic E-state index is -0.812. The van der Waals surface area contributed by atoms with Crippen molar-refractivity contribution >= 4 is 24.0 Å². The molecule has 0 radical (unpaired) electrons. The number of aliphatic hydroxyl groups is 2. The Kier molecular flexibility index (Phi) is 3.95. The number of aliphatic hydroxyl groups excluding tert-OH is 2. The van der Waals surface area contributed by atoms with E-state index in [0.29, 0.717) is 0 Å². The maximum Gasteiger partial charge on any atom is 0.337 e. The summed E-state index contributed by atoms with van der Waals surface area (Å²) < 4.78 is 6.74. The summed E-state index contributed by atoms with van der Waals surface area (Å²) >= 11 is 1.19. The van der Waals surface area contributed by atoms with Gasteiger partial charge in [0.1, 0.15) is 19.0 Å². The molecule has 8 nitrogen and oxygen atoms in total. The first-order chi connectivity index (χ1) is 8.56. The van der Waals surface area contributed by atoms with E-state index in [0.717, 1.165) is 0 Å². The topological polar surface area (TPSA) is 102 Å². The fraction of sp³-hybridized carbons (Fsp3) is 0.778. The highest BCUT2D eigenvalue weighted by Crippen LogP contribution is 2.25. The van der Waals surface area contributed by atoms with Gasteiger partial charge in [-0.15, -0.1) is 0 Å². The Hall–Kier alpha value is -1.03. The second kappa shape index (κ2) is 5.31. The zero-order chi connectivity index (χ0) is 13.3. The molecule has 18 heavy (non-hydrogen) atoms. The van der Waals surface area contributed by atoms with Crippen molar-refractivity contribution < 1.29 is 24.5 Å². The largest absolute Gasteiger partial charge is 0.394 e. The van der Waals surface area contributed by atoms with Crippen LogP contribution in [0.5, 0.6) is 0 Å². The van der Waals surface area contributed by atoms with Crippen LogP contribution in [0.1, 0.15) is 6.42 Å². The zero-order valence-corrected chi connectivity index (χ0v) is 10.6. The lowest BCUT2D eigenvalue weighted by Gasteiger charge is -2.36. The van der Waals surface area contributed by atoms with Crippen LogP contribution in [0.4, 0.5) is 9.59 Å². The molecule has 0 unspecified atom stereocenters. The smallest absolute Gasteiger partial charge is 0.337 e. The van der Waals surface area contributed by atoms with Gasteiger partial charge in [-0.2, -0.15) is 0 Å². The van der Waals surface area contributed by atoms with Gasteiger partial charge in [-0.1, -0.05) is 0 Å². The molecule has 0 aromatic heterocycles. The third kappa shape index (κ3) is 2.39. The van der Waals surface area contributed by atoms with E-state index in [1.807, 2.05) is 0 Å². The number of nitrogens with one attached hydrogen (secondary N) is 1. The summed E-state index contributed by atoms with van der Waals surface area (Å²) in [6.07, 6.45) is -0.208. The van der Waals surface area contributed by atoms with Crippen molar-refractivity contribution in [2.24, 2.45) is 0 Å². The standard InChI is InChI=1S/C9H15N3O5S/c1-18-12-4-11(8(15)10-9(12)16)7-2-5(14)6(3-13)17-7/h5-7,13-14H,2-4H2,1H3,(H,10,15,16)/t5-,6+,7+/m0/s1. The predicted molar refractivity (Wildman–Crippen MR) is 62.4 cm³/mol. The molecule has 2 rings (SSSR count). The van der Waals surface area contributed by atoms with Crippen molar-refractivity contribution in [3.8, 4) is 0 Å². The van der Waals surface area contributed by atoms with Crippen LogP contribution in [0.15, 0.2) is 0 Å². The van der Waals surface area contributed by atoms with E-state index >= 15 is 0 Å². The Balaban J connectivity index is 2.04. The van der Waals surface area contributed by atoms with Crippen LogP contribution in [0.25, 0.3) is 0 Å². The highest BCUT2D eigenvalue weighted by molar-refractivity contribution is 7.96. The number of imide groups is 1. The van der Waals surface area contributed by atoms with Crippen LogP contribution in [0, 0.1) is 0 Å². The summed E-state index contributed by atoms with van der Waals surface area (Å²) in [6, 6.07) is -1.03. The molecule has 9 heteroatoms. The van der Waals surface area contributed by atoms with E-state index in [4.69, 9.17) is 9.84 Å². The molecule has 0 aromatic rings. The van der Waals surface area contributed by atoms with Crippen molar-refractivity contribution in [3.63, 3.8) is 0 Å². The molecular formula is C9H15N3O5S. The monoisotopic (exact) mass is 277 g/mol. The maximum atomic E-state index is 11.7. The fourth-order valence-electron chi connectivity index (χ4n) is 1.93. The highest BCUT2D eigenvalue weighted by atomic mass is 32.2. The molecule has 4 amide bonds. The number of carbonyl (C=O) groups is 2.